The van der Waals surface area contributed by atoms with E-state index in [1.807, 2.05) is 0 Å². The fourth-order valence-corrected chi connectivity index (χ4v) is 5.09. The molecule has 4 aliphatic rings. The smallest absolute Gasteiger partial charge is 0.309 e. The second kappa shape index (κ2) is 2.46. The van der Waals surface area contributed by atoms with Gasteiger partial charge in [-0.25, -0.2) is 0 Å². The molecule has 3 heteroatoms. The van der Waals surface area contributed by atoms with Crippen LogP contribution in [0.5, 0.6) is 0 Å². The molecular weight excluding hydrogens is 200 g/mol. The molecule has 0 aromatic carbocycles. The molecule has 0 aromatic rings. The maximum absolute atomic E-state index is 11.3. The van der Waals surface area contributed by atoms with E-state index in [0.29, 0.717) is 18.3 Å². The van der Waals surface area contributed by atoms with Gasteiger partial charge in [0.1, 0.15) is 0 Å². The monoisotopic (exact) mass is 214 g/mol. The van der Waals surface area contributed by atoms with Gasteiger partial charge in [-0.2, -0.15) is 0 Å². The van der Waals surface area contributed by atoms with Crippen molar-refractivity contribution in [1.29, 1.82) is 0 Å². The molecule has 2 atom stereocenters. The normalized spacial score (nSPS) is 54.9. The van der Waals surface area contributed by atoms with Crippen LogP contribution in [0, 0.1) is 17.3 Å². The van der Waals surface area contributed by atoms with Gasteiger partial charge in [0, 0.05) is 4.87 Å². The zero-order valence-electron chi connectivity index (χ0n) is 8.13. The lowest BCUT2D eigenvalue weighted by atomic mass is 9.49. The maximum atomic E-state index is 11.3. The molecule has 4 aliphatic carbocycles. The van der Waals surface area contributed by atoms with E-state index < -0.39 is 11.4 Å². The van der Waals surface area contributed by atoms with Crippen LogP contribution in [0.1, 0.15) is 38.5 Å². The molecule has 0 unspecified atom stereocenters. The van der Waals surface area contributed by atoms with Crippen LogP contribution in [-0.4, -0.2) is 16.0 Å². The van der Waals surface area contributed by atoms with E-state index >= 15 is 0 Å². The van der Waals surface area contributed by atoms with E-state index in [2.05, 4.69) is 0 Å². The SMILES string of the molecule is O=C(O)C12C[C@H]3C[C@@H](CC(Cl)(C3)C1)C2. The first-order valence-electron chi connectivity index (χ1n) is 5.44. The van der Waals surface area contributed by atoms with Crippen LogP contribution in [0.2, 0.25) is 0 Å². The third-order valence-electron chi connectivity index (χ3n) is 4.44. The summed E-state index contributed by atoms with van der Waals surface area (Å²) >= 11 is 6.50. The number of carbonyl (C=O) groups is 1. The quantitative estimate of drug-likeness (QED) is 0.682. The molecule has 4 rings (SSSR count). The number of halogens is 1. The molecule has 0 amide bonds. The number of hydrogen-bond acceptors (Lipinski definition) is 1. The summed E-state index contributed by atoms with van der Waals surface area (Å²) in [7, 11) is 0. The van der Waals surface area contributed by atoms with Gasteiger partial charge in [-0.15, -0.1) is 11.6 Å². The summed E-state index contributed by atoms with van der Waals surface area (Å²) < 4.78 is 0. The molecule has 14 heavy (non-hydrogen) atoms. The van der Waals surface area contributed by atoms with E-state index in [-0.39, 0.29) is 4.87 Å². The average Bonchev–Trinajstić information content (AvgIpc) is 1.98. The molecule has 0 aliphatic heterocycles. The summed E-state index contributed by atoms with van der Waals surface area (Å²) in [4.78, 5) is 11.2. The van der Waals surface area contributed by atoms with Gasteiger partial charge in [-0.1, -0.05) is 0 Å². The Morgan fingerprint density at radius 2 is 1.79 bits per heavy atom. The lowest BCUT2D eigenvalue weighted by Crippen LogP contribution is -2.55. The number of hydrogen-bond donors (Lipinski definition) is 1. The molecule has 0 spiro atoms. The van der Waals surface area contributed by atoms with Gasteiger partial charge in [-0.05, 0) is 50.4 Å². The van der Waals surface area contributed by atoms with Crippen LogP contribution in [0.4, 0.5) is 0 Å². The highest BCUT2D eigenvalue weighted by Crippen LogP contribution is 2.63. The van der Waals surface area contributed by atoms with Gasteiger partial charge in [-0.3, -0.25) is 4.79 Å². The van der Waals surface area contributed by atoms with Gasteiger partial charge in [0.15, 0.2) is 0 Å². The van der Waals surface area contributed by atoms with E-state index in [9.17, 15) is 9.90 Å². The minimum absolute atomic E-state index is 0.164. The van der Waals surface area contributed by atoms with Crippen molar-refractivity contribution in [1.82, 2.24) is 0 Å². The van der Waals surface area contributed by atoms with Gasteiger partial charge >= 0.3 is 5.97 Å². The molecule has 2 nitrogen and oxygen atoms in total. The Morgan fingerprint density at radius 3 is 2.21 bits per heavy atom. The van der Waals surface area contributed by atoms with Crippen LogP contribution in [0.3, 0.4) is 0 Å². The minimum Gasteiger partial charge on any atom is -0.481 e. The van der Waals surface area contributed by atoms with Crippen molar-refractivity contribution in [2.45, 2.75) is 43.4 Å². The van der Waals surface area contributed by atoms with Crippen molar-refractivity contribution in [3.8, 4) is 0 Å². The zero-order chi connectivity index (χ0) is 9.97. The summed E-state index contributed by atoms with van der Waals surface area (Å²) in [5.41, 5.74) is -0.453. The summed E-state index contributed by atoms with van der Waals surface area (Å²) in [5, 5.41) is 9.33. The van der Waals surface area contributed by atoms with E-state index in [1.165, 1.54) is 6.42 Å². The van der Waals surface area contributed by atoms with Crippen molar-refractivity contribution >= 4 is 17.6 Å². The molecule has 1 N–H and O–H groups in total. The van der Waals surface area contributed by atoms with Crippen molar-refractivity contribution in [3.63, 3.8) is 0 Å². The third-order valence-corrected chi connectivity index (χ3v) is 4.89. The summed E-state index contributed by atoms with van der Waals surface area (Å²) in [5.74, 6) is 0.575. The first kappa shape index (κ1) is 9.02. The molecule has 4 saturated carbocycles. The topological polar surface area (TPSA) is 37.3 Å². The van der Waals surface area contributed by atoms with Crippen LogP contribution in [-0.2, 0) is 4.79 Å². The zero-order valence-corrected chi connectivity index (χ0v) is 8.89. The first-order valence-corrected chi connectivity index (χ1v) is 5.82. The number of carboxylic acids is 1. The Hall–Kier alpha value is -0.240. The summed E-state index contributed by atoms with van der Waals surface area (Å²) in [6, 6.07) is 0. The minimum atomic E-state index is -0.600. The van der Waals surface area contributed by atoms with Crippen molar-refractivity contribution in [3.05, 3.63) is 0 Å². The largest absolute Gasteiger partial charge is 0.481 e. The van der Waals surface area contributed by atoms with Gasteiger partial charge in [0.05, 0.1) is 5.41 Å². The van der Waals surface area contributed by atoms with Crippen LogP contribution < -0.4 is 0 Å². The fourth-order valence-electron chi connectivity index (χ4n) is 4.40. The van der Waals surface area contributed by atoms with Gasteiger partial charge < -0.3 is 5.11 Å². The second-order valence-electron chi connectivity index (χ2n) is 5.70. The Bertz CT molecular complexity index is 286. The maximum Gasteiger partial charge on any atom is 0.309 e. The van der Waals surface area contributed by atoms with E-state index in [1.54, 1.807) is 0 Å². The summed E-state index contributed by atoms with van der Waals surface area (Å²) in [6.07, 6.45) is 5.81. The molecule has 0 heterocycles. The van der Waals surface area contributed by atoms with Crippen LogP contribution >= 0.6 is 11.6 Å². The molecule has 0 radical (unpaired) electrons. The Balaban J connectivity index is 2.00. The molecule has 4 fully saturated rings. The predicted molar refractivity (Wildman–Crippen MR) is 53.3 cm³/mol. The molecule has 78 valence electrons. The molecule has 4 bridgehead atoms. The van der Waals surface area contributed by atoms with Gasteiger partial charge in [0.25, 0.3) is 0 Å². The number of alkyl halides is 1. The number of rotatable bonds is 1. The van der Waals surface area contributed by atoms with Gasteiger partial charge in [0.2, 0.25) is 0 Å². The van der Waals surface area contributed by atoms with E-state index in [4.69, 9.17) is 11.6 Å². The Kier molecular flexibility index (Phi) is 1.59. The lowest BCUT2D eigenvalue weighted by Gasteiger charge is -2.58. The predicted octanol–water partition coefficient (Wildman–Crippen LogP) is 2.65. The highest BCUT2D eigenvalue weighted by Gasteiger charge is 2.60. The Labute approximate surface area is 88.6 Å². The fraction of sp³-hybridized carbons (Fsp3) is 0.909. The molecule has 0 saturated heterocycles. The highest BCUT2D eigenvalue weighted by molar-refractivity contribution is 6.24. The van der Waals surface area contributed by atoms with Crippen molar-refractivity contribution in [2.24, 2.45) is 17.3 Å². The van der Waals surface area contributed by atoms with E-state index in [0.717, 1.165) is 25.7 Å². The highest BCUT2D eigenvalue weighted by atomic mass is 35.5. The lowest BCUT2D eigenvalue weighted by molar-refractivity contribution is -0.163. The Morgan fingerprint density at radius 1 is 1.21 bits per heavy atom. The van der Waals surface area contributed by atoms with Crippen molar-refractivity contribution in [2.75, 3.05) is 0 Å². The second-order valence-corrected chi connectivity index (χ2v) is 6.50. The third kappa shape index (κ3) is 1.06. The number of aliphatic carboxylic acids is 1. The molecule has 0 aromatic heterocycles. The van der Waals surface area contributed by atoms with Crippen LogP contribution in [0.15, 0.2) is 0 Å². The number of carboxylic acid groups (broad SMARTS) is 1. The standard InChI is InChI=1S/C11H15ClO2/c12-11-4-7-1-8(5-11)3-10(2-7,6-11)9(13)14/h7-8H,1-6H2,(H,13,14)/t7-,8-,10?,11?/m1/s1. The first-order chi connectivity index (χ1) is 6.51. The average molecular weight is 215 g/mol. The summed E-state index contributed by atoms with van der Waals surface area (Å²) in [6.45, 7) is 0. The van der Waals surface area contributed by atoms with Crippen LogP contribution in [0.25, 0.3) is 0 Å². The van der Waals surface area contributed by atoms with Crippen molar-refractivity contribution < 1.29 is 9.90 Å². The molecular formula is C11H15ClO2.